The van der Waals surface area contributed by atoms with Crippen LogP contribution in [0.4, 0.5) is 4.79 Å². The van der Waals surface area contributed by atoms with Crippen molar-refractivity contribution in [3.63, 3.8) is 0 Å². The molecule has 11 heavy (non-hydrogen) atoms. The molecule has 0 saturated heterocycles. The number of rotatable bonds is 2. The zero-order chi connectivity index (χ0) is 9.28. The minimum Gasteiger partial charge on any atom is -0.478 e. The van der Waals surface area contributed by atoms with E-state index in [0.717, 1.165) is 12.3 Å². The molecule has 0 aromatic rings. The van der Waals surface area contributed by atoms with Gasteiger partial charge in [-0.2, -0.15) is 0 Å². The second-order valence-corrected chi connectivity index (χ2v) is 1.09. The van der Waals surface area contributed by atoms with Gasteiger partial charge in [0.2, 0.25) is 0 Å². The van der Waals surface area contributed by atoms with Gasteiger partial charge in [-0.15, -0.1) is 0 Å². The first-order chi connectivity index (χ1) is 5.04. The van der Waals surface area contributed by atoms with Crippen LogP contribution in [0, 0.1) is 0 Å². The highest BCUT2D eigenvalue weighted by Crippen LogP contribution is 1.70. The predicted octanol–water partition coefficient (Wildman–Crippen LogP) is 1.08. The average molecular weight is 160 g/mol. The van der Waals surface area contributed by atoms with E-state index >= 15 is 0 Å². The van der Waals surface area contributed by atoms with Gasteiger partial charge in [-0.05, 0) is 0 Å². The Labute approximate surface area is 63.2 Å². The smallest absolute Gasteiger partial charge is 0.478 e. The fraction of sp³-hybridized carbons (Fsp3) is 0. The molecule has 0 saturated carbocycles. The van der Waals surface area contributed by atoms with Crippen molar-refractivity contribution >= 4 is 12.1 Å². The van der Waals surface area contributed by atoms with Crippen LogP contribution < -0.4 is 0 Å². The number of carboxylic acids is 1. The molecule has 5 nitrogen and oxygen atoms in total. The molecular formula is C6H8O5. The van der Waals surface area contributed by atoms with E-state index in [0.29, 0.717) is 0 Å². The second kappa shape index (κ2) is 8.22. The number of hydrogen-bond acceptors (Lipinski definition) is 3. The third kappa shape index (κ3) is 30.7. The van der Waals surface area contributed by atoms with Gasteiger partial charge in [-0.3, -0.25) is 0 Å². The molecule has 0 spiro atoms. The van der Waals surface area contributed by atoms with Crippen LogP contribution in [0.1, 0.15) is 0 Å². The second-order valence-electron chi connectivity index (χ2n) is 1.09. The standard InChI is InChI=1S/C3H4O3.C3H4O2/c1-2-6-3(4)5;1-2-3(4)5/h2H,1H2,(H,4,5);2H,1H2,(H,4,5). The predicted molar refractivity (Wildman–Crippen MR) is 37.1 cm³/mol. The Morgan fingerprint density at radius 2 is 1.64 bits per heavy atom. The van der Waals surface area contributed by atoms with Crippen LogP contribution in [-0.4, -0.2) is 22.3 Å². The Bertz CT molecular complexity index is 160. The van der Waals surface area contributed by atoms with Crippen molar-refractivity contribution in [2.24, 2.45) is 0 Å². The Hall–Kier alpha value is -1.78. The zero-order valence-electron chi connectivity index (χ0n) is 5.69. The Kier molecular flexibility index (Phi) is 8.93. The summed E-state index contributed by atoms with van der Waals surface area (Å²) in [5.74, 6) is -0.981. The monoisotopic (exact) mass is 160 g/mol. The molecule has 0 aliphatic rings. The number of ether oxygens (including phenoxy) is 1. The van der Waals surface area contributed by atoms with Crippen LogP contribution in [-0.2, 0) is 9.53 Å². The molecule has 0 aliphatic carbocycles. The molecule has 0 aliphatic heterocycles. The van der Waals surface area contributed by atoms with E-state index < -0.39 is 12.1 Å². The maximum absolute atomic E-state index is 9.31. The van der Waals surface area contributed by atoms with Gasteiger partial charge in [0.1, 0.15) is 0 Å². The highest BCUT2D eigenvalue weighted by atomic mass is 16.7. The van der Waals surface area contributed by atoms with Gasteiger partial charge in [0.05, 0.1) is 6.26 Å². The number of aliphatic carboxylic acids is 1. The van der Waals surface area contributed by atoms with Crippen LogP contribution in [0.2, 0.25) is 0 Å². The summed E-state index contributed by atoms with van der Waals surface area (Å²) in [5.41, 5.74) is 0. The molecule has 0 bridgehead atoms. The highest BCUT2D eigenvalue weighted by molar-refractivity contribution is 5.78. The van der Waals surface area contributed by atoms with Crippen molar-refractivity contribution in [2.75, 3.05) is 0 Å². The van der Waals surface area contributed by atoms with Gasteiger partial charge in [0.25, 0.3) is 0 Å². The highest BCUT2D eigenvalue weighted by Gasteiger charge is 1.84. The van der Waals surface area contributed by atoms with E-state index in [1.807, 2.05) is 0 Å². The molecule has 0 amide bonds. The van der Waals surface area contributed by atoms with Crippen molar-refractivity contribution in [1.82, 2.24) is 0 Å². The lowest BCUT2D eigenvalue weighted by Crippen LogP contribution is -1.89. The number of carbonyl (C=O) groups is 2. The Balaban J connectivity index is 0. The van der Waals surface area contributed by atoms with Gasteiger partial charge in [0.15, 0.2) is 0 Å². The van der Waals surface area contributed by atoms with E-state index in [4.69, 9.17) is 10.2 Å². The maximum atomic E-state index is 9.31. The normalized spacial score (nSPS) is 6.55. The summed E-state index contributed by atoms with van der Waals surface area (Å²) in [6.45, 7) is 5.96. The summed E-state index contributed by atoms with van der Waals surface area (Å²) in [4.78, 5) is 18.6. The van der Waals surface area contributed by atoms with E-state index in [1.54, 1.807) is 0 Å². The van der Waals surface area contributed by atoms with Crippen molar-refractivity contribution in [3.05, 3.63) is 25.5 Å². The molecule has 5 heteroatoms. The van der Waals surface area contributed by atoms with Gasteiger partial charge >= 0.3 is 12.1 Å². The molecule has 0 atom stereocenters. The molecule has 0 radical (unpaired) electrons. The fourth-order valence-corrected chi connectivity index (χ4v) is 0.0713. The lowest BCUT2D eigenvalue weighted by molar-refractivity contribution is -0.131. The van der Waals surface area contributed by atoms with E-state index in [1.165, 1.54) is 0 Å². The SMILES string of the molecule is C=CC(=O)O.C=COC(=O)O. The lowest BCUT2D eigenvalue weighted by Gasteiger charge is -1.81. The molecule has 0 aromatic heterocycles. The first-order valence-corrected chi connectivity index (χ1v) is 2.40. The lowest BCUT2D eigenvalue weighted by atomic mass is 10.7. The molecular weight excluding hydrogens is 152 g/mol. The van der Waals surface area contributed by atoms with Gasteiger partial charge in [-0.25, -0.2) is 9.59 Å². The molecule has 0 rings (SSSR count). The molecule has 0 aromatic carbocycles. The third-order valence-electron chi connectivity index (χ3n) is 0.359. The summed E-state index contributed by atoms with van der Waals surface area (Å²) >= 11 is 0. The summed E-state index contributed by atoms with van der Waals surface area (Å²) in [5, 5.41) is 15.2. The fourth-order valence-electron chi connectivity index (χ4n) is 0.0713. The minimum absolute atomic E-state index is 0.833. The topological polar surface area (TPSA) is 83.8 Å². The molecule has 0 unspecified atom stereocenters. The van der Waals surface area contributed by atoms with Gasteiger partial charge < -0.3 is 14.9 Å². The first-order valence-electron chi connectivity index (χ1n) is 2.40. The van der Waals surface area contributed by atoms with Crippen LogP contribution in [0.15, 0.2) is 25.5 Å². The third-order valence-corrected chi connectivity index (χ3v) is 0.359. The summed E-state index contributed by atoms with van der Waals surface area (Å²) in [6.07, 6.45) is 0.354. The Morgan fingerprint density at radius 3 is 1.64 bits per heavy atom. The average Bonchev–Trinajstić information content (AvgIpc) is 1.89. The zero-order valence-corrected chi connectivity index (χ0v) is 5.69. The van der Waals surface area contributed by atoms with Crippen LogP contribution in [0.25, 0.3) is 0 Å². The van der Waals surface area contributed by atoms with Crippen molar-refractivity contribution in [2.45, 2.75) is 0 Å². The van der Waals surface area contributed by atoms with E-state index in [9.17, 15) is 9.59 Å². The van der Waals surface area contributed by atoms with Gasteiger partial charge in [0, 0.05) is 6.08 Å². The summed E-state index contributed by atoms with van der Waals surface area (Å²) in [6, 6.07) is 0. The van der Waals surface area contributed by atoms with Crippen molar-refractivity contribution < 1.29 is 24.5 Å². The van der Waals surface area contributed by atoms with Crippen LogP contribution in [0.5, 0.6) is 0 Å². The molecule has 0 heterocycles. The van der Waals surface area contributed by atoms with Crippen LogP contribution in [0.3, 0.4) is 0 Å². The van der Waals surface area contributed by atoms with Crippen LogP contribution >= 0.6 is 0 Å². The molecule has 0 fully saturated rings. The maximum Gasteiger partial charge on any atom is 0.510 e. The summed E-state index contributed by atoms with van der Waals surface area (Å²) < 4.78 is 3.72. The largest absolute Gasteiger partial charge is 0.510 e. The van der Waals surface area contributed by atoms with E-state index in [2.05, 4.69) is 17.9 Å². The quantitative estimate of drug-likeness (QED) is 0.358. The van der Waals surface area contributed by atoms with Crippen molar-refractivity contribution in [1.29, 1.82) is 0 Å². The van der Waals surface area contributed by atoms with Crippen molar-refractivity contribution in [3.8, 4) is 0 Å². The molecule has 2 N–H and O–H groups in total. The Morgan fingerprint density at radius 1 is 1.27 bits per heavy atom. The number of hydrogen-bond donors (Lipinski definition) is 2. The number of carboxylic acid groups (broad SMARTS) is 2. The minimum atomic E-state index is -1.33. The summed E-state index contributed by atoms with van der Waals surface area (Å²) in [7, 11) is 0. The van der Waals surface area contributed by atoms with Gasteiger partial charge in [-0.1, -0.05) is 13.2 Å². The van der Waals surface area contributed by atoms with E-state index in [-0.39, 0.29) is 0 Å². The first kappa shape index (κ1) is 12.0. The molecule has 62 valence electrons.